The largest absolute Gasteiger partial charge is 0.494 e. The summed E-state index contributed by atoms with van der Waals surface area (Å²) >= 11 is 1.49. The minimum Gasteiger partial charge on any atom is -0.494 e. The molecule has 0 bridgehead atoms. The van der Waals surface area contributed by atoms with Crippen molar-refractivity contribution in [3.8, 4) is 23.0 Å². The van der Waals surface area contributed by atoms with Crippen LogP contribution in [0.2, 0.25) is 0 Å². The first-order chi connectivity index (χ1) is 16.4. The van der Waals surface area contributed by atoms with Crippen molar-refractivity contribution >= 4 is 45.0 Å². The van der Waals surface area contributed by atoms with Gasteiger partial charge in [-0.3, -0.25) is 9.69 Å². The van der Waals surface area contributed by atoms with Crippen molar-refractivity contribution in [3.63, 3.8) is 0 Å². The van der Waals surface area contributed by atoms with Crippen molar-refractivity contribution in [3.05, 3.63) is 35.4 Å². The van der Waals surface area contributed by atoms with E-state index in [2.05, 4.69) is 18.7 Å². The maximum absolute atomic E-state index is 13.9. The summed E-state index contributed by atoms with van der Waals surface area (Å²) in [7, 11) is 6.23. The molecule has 0 radical (unpaired) electrons. The van der Waals surface area contributed by atoms with Gasteiger partial charge in [-0.15, -0.1) is 12.4 Å². The Kier molecular flexibility index (Phi) is 10.4. The first kappa shape index (κ1) is 28.5. The number of hydrogen-bond donors (Lipinski definition) is 0. The maximum atomic E-state index is 13.9. The average molecular weight is 524 g/mol. The van der Waals surface area contributed by atoms with E-state index >= 15 is 0 Å². The highest BCUT2D eigenvalue weighted by molar-refractivity contribution is 7.22. The van der Waals surface area contributed by atoms with Crippen molar-refractivity contribution in [1.29, 1.82) is 0 Å². The van der Waals surface area contributed by atoms with E-state index in [4.69, 9.17) is 23.9 Å². The molecule has 35 heavy (non-hydrogen) atoms. The number of carbonyl (C=O) groups is 1. The quantitative estimate of drug-likeness (QED) is 0.348. The molecular formula is C25H34ClN3O5S. The molecule has 0 aliphatic rings. The molecule has 0 N–H and O–H groups in total. The lowest BCUT2D eigenvalue weighted by Crippen LogP contribution is -2.38. The van der Waals surface area contributed by atoms with Crippen LogP contribution in [0.3, 0.4) is 0 Å². The number of thiazole rings is 1. The molecule has 0 aliphatic carbocycles. The summed E-state index contributed by atoms with van der Waals surface area (Å²) in [5, 5.41) is 0.619. The van der Waals surface area contributed by atoms with Crippen molar-refractivity contribution in [2.75, 3.05) is 59.5 Å². The van der Waals surface area contributed by atoms with Crippen LogP contribution in [0.25, 0.3) is 10.2 Å². The zero-order valence-electron chi connectivity index (χ0n) is 21.3. The highest BCUT2D eigenvalue weighted by Gasteiger charge is 2.26. The number of ether oxygens (including phenoxy) is 4. The summed E-state index contributed by atoms with van der Waals surface area (Å²) in [6.07, 6.45) is 0. The SMILES string of the molecule is CCN(CC)CCN(C(=O)c1cc(OC)c(OC)c(OC)c1)c1nc2c(OC)ccc(C)c2s1.Cl. The summed E-state index contributed by atoms with van der Waals surface area (Å²) in [6, 6.07) is 7.26. The zero-order valence-corrected chi connectivity index (χ0v) is 23.0. The molecule has 3 rings (SSSR count). The molecule has 0 saturated carbocycles. The summed E-state index contributed by atoms with van der Waals surface area (Å²) in [5.74, 6) is 1.79. The number of anilines is 1. The lowest BCUT2D eigenvalue weighted by atomic mass is 10.1. The monoisotopic (exact) mass is 523 g/mol. The molecule has 1 aromatic heterocycles. The second-order valence-electron chi connectivity index (χ2n) is 7.66. The van der Waals surface area contributed by atoms with Crippen LogP contribution in [0.5, 0.6) is 23.0 Å². The fourth-order valence-electron chi connectivity index (χ4n) is 3.80. The molecule has 192 valence electrons. The number of methoxy groups -OCH3 is 4. The molecular weight excluding hydrogens is 490 g/mol. The van der Waals surface area contributed by atoms with Crippen molar-refractivity contribution in [2.24, 2.45) is 0 Å². The van der Waals surface area contributed by atoms with Crippen LogP contribution in [0, 0.1) is 6.92 Å². The lowest BCUT2D eigenvalue weighted by molar-refractivity contribution is 0.0983. The molecule has 3 aromatic rings. The van der Waals surface area contributed by atoms with Gasteiger partial charge < -0.3 is 23.8 Å². The van der Waals surface area contributed by atoms with Gasteiger partial charge in [-0.25, -0.2) is 4.98 Å². The van der Waals surface area contributed by atoms with Crippen molar-refractivity contribution in [1.82, 2.24) is 9.88 Å². The fourth-order valence-corrected chi connectivity index (χ4v) is 4.88. The number of rotatable bonds is 11. The molecule has 0 atom stereocenters. The van der Waals surface area contributed by atoms with Gasteiger partial charge in [0, 0.05) is 18.7 Å². The van der Waals surface area contributed by atoms with Gasteiger partial charge in [-0.05, 0) is 43.8 Å². The van der Waals surface area contributed by atoms with E-state index in [9.17, 15) is 4.79 Å². The van der Waals surface area contributed by atoms with E-state index in [0.29, 0.717) is 40.2 Å². The summed E-state index contributed by atoms with van der Waals surface area (Å²) in [6.45, 7) is 9.26. The highest BCUT2D eigenvalue weighted by Crippen LogP contribution is 2.40. The van der Waals surface area contributed by atoms with Gasteiger partial charge in [0.15, 0.2) is 16.6 Å². The summed E-state index contributed by atoms with van der Waals surface area (Å²) in [4.78, 5) is 22.7. The standard InChI is InChI=1S/C25H33N3O5S.ClH/c1-8-27(9-2)12-13-28(25-26-21-18(30-4)11-10-16(3)23(21)34-25)24(29)17-14-19(31-5)22(33-7)20(15-17)32-6;/h10-11,14-15H,8-9,12-13H2,1-7H3;1H. The van der Waals surface area contributed by atoms with Crippen LogP contribution in [-0.2, 0) is 0 Å². The van der Waals surface area contributed by atoms with E-state index in [0.717, 1.165) is 35.4 Å². The van der Waals surface area contributed by atoms with E-state index < -0.39 is 0 Å². The number of aryl methyl sites for hydroxylation is 1. The molecule has 0 saturated heterocycles. The number of nitrogens with zero attached hydrogens (tertiary/aromatic N) is 3. The van der Waals surface area contributed by atoms with Gasteiger partial charge in [0.05, 0.1) is 33.1 Å². The number of benzene rings is 2. The third-order valence-corrected chi connectivity index (χ3v) is 7.05. The maximum Gasteiger partial charge on any atom is 0.260 e. The third-order valence-electron chi connectivity index (χ3n) is 5.83. The van der Waals surface area contributed by atoms with Gasteiger partial charge in [-0.1, -0.05) is 31.3 Å². The Morgan fingerprint density at radius 3 is 2.03 bits per heavy atom. The molecule has 0 fully saturated rings. The molecule has 1 heterocycles. The van der Waals surface area contributed by atoms with Crippen LogP contribution >= 0.6 is 23.7 Å². The van der Waals surface area contributed by atoms with E-state index in [1.165, 1.54) is 32.7 Å². The fraction of sp³-hybridized carbons (Fsp3) is 0.440. The van der Waals surface area contributed by atoms with Crippen LogP contribution in [0.15, 0.2) is 24.3 Å². The molecule has 1 amide bonds. The summed E-state index contributed by atoms with van der Waals surface area (Å²) < 4.78 is 22.9. The Morgan fingerprint density at radius 2 is 1.51 bits per heavy atom. The predicted molar refractivity (Wildman–Crippen MR) is 144 cm³/mol. The molecule has 0 spiro atoms. The lowest BCUT2D eigenvalue weighted by Gasteiger charge is -2.25. The van der Waals surface area contributed by atoms with Gasteiger partial charge in [-0.2, -0.15) is 0 Å². The molecule has 10 heteroatoms. The predicted octanol–water partition coefficient (Wildman–Crippen LogP) is 5.05. The second-order valence-corrected chi connectivity index (χ2v) is 8.63. The Labute approximate surface area is 217 Å². The molecule has 0 aliphatic heterocycles. The van der Waals surface area contributed by atoms with Gasteiger partial charge in [0.25, 0.3) is 5.91 Å². The number of halogens is 1. The minimum absolute atomic E-state index is 0. The van der Waals surface area contributed by atoms with Gasteiger partial charge in [0.1, 0.15) is 11.3 Å². The Hall–Kier alpha value is -2.75. The number of amides is 1. The average Bonchev–Trinajstić information content (AvgIpc) is 3.31. The first-order valence-electron chi connectivity index (χ1n) is 11.2. The van der Waals surface area contributed by atoms with E-state index in [1.807, 2.05) is 19.1 Å². The summed E-state index contributed by atoms with van der Waals surface area (Å²) in [5.41, 5.74) is 2.27. The second kappa shape index (κ2) is 12.8. The Morgan fingerprint density at radius 1 is 0.914 bits per heavy atom. The van der Waals surface area contributed by atoms with Crippen LogP contribution in [-0.4, -0.2) is 70.4 Å². The zero-order chi connectivity index (χ0) is 24.8. The minimum atomic E-state index is -0.193. The normalized spacial score (nSPS) is 10.7. The van der Waals surface area contributed by atoms with Gasteiger partial charge >= 0.3 is 0 Å². The topological polar surface area (TPSA) is 73.4 Å². The number of likely N-dealkylation sites (N-methyl/N-ethyl adjacent to an activating group) is 1. The number of fused-ring (bicyclic) bond motifs is 1. The Bertz CT molecular complexity index is 1120. The number of aromatic nitrogens is 1. The van der Waals surface area contributed by atoms with E-state index in [-0.39, 0.29) is 18.3 Å². The smallest absolute Gasteiger partial charge is 0.260 e. The number of hydrogen-bond acceptors (Lipinski definition) is 8. The first-order valence-corrected chi connectivity index (χ1v) is 12.0. The third kappa shape index (κ3) is 5.91. The van der Waals surface area contributed by atoms with Gasteiger partial charge in [0.2, 0.25) is 5.75 Å². The van der Waals surface area contributed by atoms with E-state index in [1.54, 1.807) is 24.1 Å². The van der Waals surface area contributed by atoms with Crippen LogP contribution in [0.4, 0.5) is 5.13 Å². The van der Waals surface area contributed by atoms with Crippen LogP contribution < -0.4 is 23.8 Å². The molecule has 2 aromatic carbocycles. The highest BCUT2D eigenvalue weighted by atomic mass is 35.5. The molecule has 8 nitrogen and oxygen atoms in total. The van der Waals surface area contributed by atoms with Crippen LogP contribution in [0.1, 0.15) is 29.8 Å². The van der Waals surface area contributed by atoms with Crippen molar-refractivity contribution < 1.29 is 23.7 Å². The Balaban J connectivity index is 0.00000432. The molecule has 0 unspecified atom stereocenters. The van der Waals surface area contributed by atoms with Crippen molar-refractivity contribution in [2.45, 2.75) is 20.8 Å². The number of carbonyl (C=O) groups excluding carboxylic acids is 1.